The number of hydrogen-bond acceptors (Lipinski definition) is 5. The summed E-state index contributed by atoms with van der Waals surface area (Å²) in [6, 6.07) is 2.09. The molecular formula is C17H18F2N6. The molecule has 1 aromatic carbocycles. The van der Waals surface area contributed by atoms with Crippen LogP contribution in [0.2, 0.25) is 0 Å². The van der Waals surface area contributed by atoms with Gasteiger partial charge in [0.15, 0.2) is 17.5 Å². The molecule has 2 aliphatic rings. The van der Waals surface area contributed by atoms with Crippen LogP contribution in [0.15, 0.2) is 12.4 Å². The summed E-state index contributed by atoms with van der Waals surface area (Å²) in [6.07, 6.45) is 3.91. The van der Waals surface area contributed by atoms with Crippen LogP contribution in [0.3, 0.4) is 0 Å². The molecular weight excluding hydrogens is 326 g/mol. The third-order valence-electron chi connectivity index (χ3n) is 5.45. The molecule has 0 bridgehead atoms. The molecule has 0 saturated carbocycles. The van der Waals surface area contributed by atoms with Gasteiger partial charge in [-0.15, -0.1) is 10.2 Å². The maximum Gasteiger partial charge on any atom is 0.204 e. The van der Waals surface area contributed by atoms with Crippen molar-refractivity contribution in [3.05, 3.63) is 29.6 Å². The van der Waals surface area contributed by atoms with E-state index in [1.807, 2.05) is 0 Å². The Morgan fingerprint density at radius 1 is 1.16 bits per heavy atom. The fraction of sp³-hybridized carbons (Fsp3) is 0.471. The molecule has 2 fully saturated rings. The van der Waals surface area contributed by atoms with Gasteiger partial charge in [0.25, 0.3) is 0 Å². The molecule has 0 N–H and O–H groups in total. The van der Waals surface area contributed by atoms with Gasteiger partial charge in [0, 0.05) is 25.7 Å². The first-order chi connectivity index (χ1) is 12.1. The number of rotatable bonds is 1. The Kier molecular flexibility index (Phi) is 3.18. The second-order valence-electron chi connectivity index (χ2n) is 6.93. The van der Waals surface area contributed by atoms with E-state index in [1.54, 1.807) is 17.4 Å². The van der Waals surface area contributed by atoms with E-state index in [9.17, 15) is 8.78 Å². The van der Waals surface area contributed by atoms with Gasteiger partial charge in [-0.25, -0.2) is 13.8 Å². The zero-order chi connectivity index (χ0) is 17.1. The Balaban J connectivity index is 1.70. The van der Waals surface area contributed by atoms with Crippen molar-refractivity contribution in [1.82, 2.24) is 24.5 Å². The topological polar surface area (TPSA) is 49.6 Å². The highest BCUT2D eigenvalue weighted by Gasteiger charge is 2.32. The molecule has 25 heavy (non-hydrogen) atoms. The molecule has 2 aliphatic heterocycles. The van der Waals surface area contributed by atoms with Crippen molar-refractivity contribution < 1.29 is 8.78 Å². The number of halogens is 2. The third kappa shape index (κ3) is 2.13. The van der Waals surface area contributed by atoms with Crippen LogP contribution >= 0.6 is 0 Å². The minimum absolute atomic E-state index is 0.0271. The lowest BCUT2D eigenvalue weighted by atomic mass is 10.1. The Bertz CT molecular complexity index is 984. The second kappa shape index (κ2) is 5.32. The number of benzene rings is 1. The molecule has 5 rings (SSSR count). The summed E-state index contributed by atoms with van der Waals surface area (Å²) < 4.78 is 30.3. The highest BCUT2D eigenvalue weighted by Crippen LogP contribution is 2.30. The van der Waals surface area contributed by atoms with Crippen molar-refractivity contribution in [2.45, 2.75) is 25.8 Å². The summed E-state index contributed by atoms with van der Waals surface area (Å²) in [5, 5.41) is 8.17. The van der Waals surface area contributed by atoms with Crippen molar-refractivity contribution in [3.63, 3.8) is 0 Å². The van der Waals surface area contributed by atoms with Crippen molar-refractivity contribution in [2.75, 3.05) is 31.1 Å². The van der Waals surface area contributed by atoms with Crippen molar-refractivity contribution in [1.29, 1.82) is 0 Å². The van der Waals surface area contributed by atoms with E-state index in [4.69, 9.17) is 0 Å². The molecule has 4 heterocycles. The van der Waals surface area contributed by atoms with Gasteiger partial charge in [-0.3, -0.25) is 9.30 Å². The average Bonchev–Trinajstić information content (AvgIpc) is 3.28. The van der Waals surface area contributed by atoms with E-state index in [1.165, 1.54) is 12.7 Å². The zero-order valence-corrected chi connectivity index (χ0v) is 13.9. The standard InChI is InChI=1S/C17H18F2N6/c1-10-7-12-15(14(19)13(10)18)21-16(17-22-20-9-25(12)17)24-6-5-23-4-2-3-11(23)8-24/h7,9,11H,2-6,8H2,1H3. The molecule has 1 atom stereocenters. The van der Waals surface area contributed by atoms with Crippen LogP contribution in [0.5, 0.6) is 0 Å². The summed E-state index contributed by atoms with van der Waals surface area (Å²) in [4.78, 5) is 9.10. The maximum absolute atomic E-state index is 14.5. The molecule has 1 unspecified atom stereocenters. The zero-order valence-electron chi connectivity index (χ0n) is 13.9. The molecule has 6 nitrogen and oxygen atoms in total. The summed E-state index contributed by atoms with van der Waals surface area (Å²) in [7, 11) is 0. The molecule has 2 saturated heterocycles. The van der Waals surface area contributed by atoms with Gasteiger partial charge in [-0.1, -0.05) is 0 Å². The van der Waals surface area contributed by atoms with Crippen LogP contribution in [0.25, 0.3) is 16.7 Å². The number of fused-ring (bicyclic) bond motifs is 4. The van der Waals surface area contributed by atoms with Crippen molar-refractivity contribution >= 4 is 22.5 Å². The van der Waals surface area contributed by atoms with Gasteiger partial charge in [0.2, 0.25) is 5.65 Å². The van der Waals surface area contributed by atoms with Gasteiger partial charge in [-0.2, -0.15) is 0 Å². The maximum atomic E-state index is 14.5. The van der Waals surface area contributed by atoms with Crippen LogP contribution in [0.1, 0.15) is 18.4 Å². The second-order valence-corrected chi connectivity index (χ2v) is 6.93. The molecule has 0 amide bonds. The fourth-order valence-electron chi connectivity index (χ4n) is 4.13. The SMILES string of the molecule is Cc1cc2c(nc(N3CCN4CCCC4C3)c3nncn32)c(F)c1F. The van der Waals surface area contributed by atoms with Gasteiger partial charge >= 0.3 is 0 Å². The molecule has 0 radical (unpaired) electrons. The monoisotopic (exact) mass is 344 g/mol. The Morgan fingerprint density at radius 2 is 2.04 bits per heavy atom. The van der Waals surface area contributed by atoms with Crippen LogP contribution in [-0.2, 0) is 0 Å². The first-order valence-corrected chi connectivity index (χ1v) is 8.60. The third-order valence-corrected chi connectivity index (χ3v) is 5.45. The molecule has 8 heteroatoms. The van der Waals surface area contributed by atoms with Crippen LogP contribution < -0.4 is 4.90 Å². The summed E-state index contributed by atoms with van der Waals surface area (Å²) in [5.41, 5.74) is 1.34. The van der Waals surface area contributed by atoms with Gasteiger partial charge < -0.3 is 4.90 Å². The Hall–Kier alpha value is -2.35. The first kappa shape index (κ1) is 14.9. The molecule has 2 aromatic heterocycles. The average molecular weight is 344 g/mol. The fourth-order valence-corrected chi connectivity index (χ4v) is 4.13. The van der Waals surface area contributed by atoms with E-state index >= 15 is 0 Å². The van der Waals surface area contributed by atoms with Crippen LogP contribution in [0.4, 0.5) is 14.6 Å². The van der Waals surface area contributed by atoms with Crippen LogP contribution in [0, 0.1) is 18.6 Å². The summed E-state index contributed by atoms with van der Waals surface area (Å²) >= 11 is 0. The number of nitrogens with zero attached hydrogens (tertiary/aromatic N) is 6. The molecule has 0 aliphatic carbocycles. The van der Waals surface area contributed by atoms with Gasteiger partial charge in [-0.05, 0) is 37.9 Å². The normalized spacial score (nSPS) is 21.4. The highest BCUT2D eigenvalue weighted by atomic mass is 19.2. The Labute approximate surface area is 143 Å². The van der Waals surface area contributed by atoms with Gasteiger partial charge in [0.05, 0.1) is 5.52 Å². The predicted octanol–water partition coefficient (Wildman–Crippen LogP) is 2.15. The van der Waals surface area contributed by atoms with Crippen LogP contribution in [-0.4, -0.2) is 56.7 Å². The number of aryl methyl sites for hydroxylation is 1. The largest absolute Gasteiger partial charge is 0.351 e. The van der Waals surface area contributed by atoms with E-state index in [0.29, 0.717) is 23.0 Å². The van der Waals surface area contributed by atoms with E-state index in [-0.39, 0.29) is 11.1 Å². The minimum Gasteiger partial charge on any atom is -0.351 e. The minimum atomic E-state index is -0.911. The van der Waals surface area contributed by atoms with E-state index < -0.39 is 11.6 Å². The quantitative estimate of drug-likeness (QED) is 0.677. The number of hydrogen-bond donors (Lipinski definition) is 0. The lowest BCUT2D eigenvalue weighted by Crippen LogP contribution is -2.50. The number of piperazine rings is 1. The van der Waals surface area contributed by atoms with E-state index in [0.717, 1.165) is 32.6 Å². The summed E-state index contributed by atoms with van der Waals surface area (Å²) in [6.45, 7) is 5.27. The van der Waals surface area contributed by atoms with Gasteiger partial charge in [0.1, 0.15) is 11.8 Å². The first-order valence-electron chi connectivity index (χ1n) is 8.60. The molecule has 3 aromatic rings. The lowest BCUT2D eigenvalue weighted by molar-refractivity contribution is 0.230. The number of aromatic nitrogens is 4. The highest BCUT2D eigenvalue weighted by molar-refractivity contribution is 5.84. The lowest BCUT2D eigenvalue weighted by Gasteiger charge is -2.38. The molecule has 0 spiro atoms. The predicted molar refractivity (Wildman–Crippen MR) is 89.7 cm³/mol. The smallest absolute Gasteiger partial charge is 0.204 e. The Morgan fingerprint density at radius 3 is 2.92 bits per heavy atom. The van der Waals surface area contributed by atoms with Crippen molar-refractivity contribution in [2.24, 2.45) is 0 Å². The molecule has 130 valence electrons. The van der Waals surface area contributed by atoms with Crippen molar-refractivity contribution in [3.8, 4) is 0 Å². The summed E-state index contributed by atoms with van der Waals surface area (Å²) in [5.74, 6) is -1.18. The van der Waals surface area contributed by atoms with E-state index in [2.05, 4.69) is 25.0 Å². The number of anilines is 1.